The molecule has 6 nitrogen and oxygen atoms in total. The molecule has 1 saturated heterocycles. The van der Waals surface area contributed by atoms with E-state index >= 15 is 0 Å². The molecule has 0 aliphatic carbocycles. The van der Waals surface area contributed by atoms with Gasteiger partial charge in [-0.2, -0.15) is 0 Å². The minimum absolute atomic E-state index is 0.100. The Morgan fingerprint density at radius 2 is 2.05 bits per heavy atom. The quantitative estimate of drug-likeness (QED) is 0.885. The molecule has 21 heavy (non-hydrogen) atoms. The fraction of sp³-hybridized carbons (Fsp3) is 0.615. The summed E-state index contributed by atoms with van der Waals surface area (Å²) in [4.78, 5) is 14.7. The number of nitrogens with two attached hydrogens (primary N) is 1. The van der Waals surface area contributed by atoms with Crippen molar-refractivity contribution in [3.05, 3.63) is 16.3 Å². The Morgan fingerprint density at radius 3 is 2.57 bits per heavy atom. The molecular formula is C13H21N3O3S2. The Kier molecular flexibility index (Phi) is 5.03. The topological polar surface area (TPSA) is 83.7 Å². The van der Waals surface area contributed by atoms with E-state index in [0.29, 0.717) is 30.4 Å². The number of amides is 1. The molecule has 1 aliphatic heterocycles. The zero-order valence-corrected chi connectivity index (χ0v) is 13.9. The first-order chi connectivity index (χ1) is 9.87. The van der Waals surface area contributed by atoms with Gasteiger partial charge < -0.3 is 10.6 Å². The van der Waals surface area contributed by atoms with Crippen LogP contribution >= 0.6 is 11.3 Å². The summed E-state index contributed by atoms with van der Waals surface area (Å²) in [6.45, 7) is 1.92. The summed E-state index contributed by atoms with van der Waals surface area (Å²) >= 11 is 1.18. The Balaban J connectivity index is 2.21. The number of piperidine rings is 1. The van der Waals surface area contributed by atoms with Gasteiger partial charge in [0.15, 0.2) is 0 Å². The van der Waals surface area contributed by atoms with Crippen molar-refractivity contribution in [3.63, 3.8) is 0 Å². The number of hydrogen-bond donors (Lipinski definition) is 1. The van der Waals surface area contributed by atoms with Crippen LogP contribution in [0.1, 0.15) is 22.5 Å². The monoisotopic (exact) mass is 331 g/mol. The van der Waals surface area contributed by atoms with Crippen LogP contribution in [0.2, 0.25) is 0 Å². The fourth-order valence-electron chi connectivity index (χ4n) is 2.37. The predicted molar refractivity (Wildman–Crippen MR) is 82.9 cm³/mol. The van der Waals surface area contributed by atoms with Gasteiger partial charge in [-0.3, -0.25) is 4.79 Å². The number of hydrogen-bond acceptors (Lipinski definition) is 5. The largest absolute Gasteiger partial charge is 0.338 e. The first-order valence-electron chi connectivity index (χ1n) is 6.87. The number of carbonyl (C=O) groups excluding carboxylic acids is 1. The second-order valence-electron chi connectivity index (χ2n) is 5.37. The van der Waals surface area contributed by atoms with Crippen LogP contribution in [-0.4, -0.2) is 57.3 Å². The number of rotatable bonds is 4. The lowest BCUT2D eigenvalue weighted by atomic mass is 9.97. The SMILES string of the molecule is CN(C)S(=O)(=O)c1ccsc1C(=O)N1CCC(CN)CC1. The highest BCUT2D eigenvalue weighted by Gasteiger charge is 2.30. The molecule has 2 heterocycles. The third kappa shape index (κ3) is 3.28. The van der Waals surface area contributed by atoms with Crippen LogP contribution in [0.3, 0.4) is 0 Å². The molecule has 1 amide bonds. The normalized spacial score (nSPS) is 17.4. The highest BCUT2D eigenvalue weighted by Crippen LogP contribution is 2.27. The summed E-state index contributed by atoms with van der Waals surface area (Å²) in [5.74, 6) is 0.267. The van der Waals surface area contributed by atoms with Crippen LogP contribution in [0.25, 0.3) is 0 Å². The van der Waals surface area contributed by atoms with Gasteiger partial charge in [0, 0.05) is 27.2 Å². The fourth-order valence-corrected chi connectivity index (χ4v) is 4.62. The summed E-state index contributed by atoms with van der Waals surface area (Å²) in [6.07, 6.45) is 1.76. The Morgan fingerprint density at radius 1 is 1.43 bits per heavy atom. The third-order valence-electron chi connectivity index (χ3n) is 3.82. The molecule has 0 saturated carbocycles. The van der Waals surface area contributed by atoms with Crippen molar-refractivity contribution in [2.24, 2.45) is 11.7 Å². The molecule has 0 atom stereocenters. The zero-order chi connectivity index (χ0) is 15.6. The molecule has 0 unspecified atom stereocenters. The van der Waals surface area contributed by atoms with E-state index in [9.17, 15) is 13.2 Å². The van der Waals surface area contributed by atoms with Crippen molar-refractivity contribution in [3.8, 4) is 0 Å². The minimum Gasteiger partial charge on any atom is -0.338 e. The smallest absolute Gasteiger partial charge is 0.265 e. The summed E-state index contributed by atoms with van der Waals surface area (Å²) in [7, 11) is -0.655. The van der Waals surface area contributed by atoms with Crippen LogP contribution in [-0.2, 0) is 10.0 Å². The van der Waals surface area contributed by atoms with Gasteiger partial charge in [-0.25, -0.2) is 12.7 Å². The van der Waals surface area contributed by atoms with Gasteiger partial charge in [0.1, 0.15) is 9.77 Å². The predicted octanol–water partition coefficient (Wildman–Crippen LogP) is 0.809. The van der Waals surface area contributed by atoms with Gasteiger partial charge in [0.2, 0.25) is 10.0 Å². The molecule has 0 bridgehead atoms. The summed E-state index contributed by atoms with van der Waals surface area (Å²) in [5.41, 5.74) is 5.65. The lowest BCUT2D eigenvalue weighted by Crippen LogP contribution is -2.40. The van der Waals surface area contributed by atoms with Crippen molar-refractivity contribution in [2.45, 2.75) is 17.7 Å². The molecule has 0 spiro atoms. The van der Waals surface area contributed by atoms with E-state index in [4.69, 9.17) is 5.73 Å². The molecule has 1 aromatic rings. The van der Waals surface area contributed by atoms with E-state index in [2.05, 4.69) is 0 Å². The average Bonchev–Trinajstić information content (AvgIpc) is 2.96. The van der Waals surface area contributed by atoms with Crippen molar-refractivity contribution in [1.82, 2.24) is 9.21 Å². The third-order valence-corrected chi connectivity index (χ3v) is 6.71. The second kappa shape index (κ2) is 6.43. The van der Waals surface area contributed by atoms with Crippen LogP contribution < -0.4 is 5.73 Å². The molecule has 118 valence electrons. The standard InChI is InChI=1S/C13H21N3O3S2/c1-15(2)21(18,19)11-5-8-20-12(11)13(17)16-6-3-10(9-14)4-7-16/h5,8,10H,3-4,6-7,9,14H2,1-2H3. The maximum absolute atomic E-state index is 12.6. The average molecular weight is 331 g/mol. The lowest BCUT2D eigenvalue weighted by molar-refractivity contribution is 0.0694. The van der Waals surface area contributed by atoms with Crippen molar-refractivity contribution >= 4 is 27.3 Å². The molecule has 0 radical (unpaired) electrons. The van der Waals surface area contributed by atoms with Crippen LogP contribution in [0.5, 0.6) is 0 Å². The summed E-state index contributed by atoms with van der Waals surface area (Å²) in [5, 5.41) is 1.65. The van der Waals surface area contributed by atoms with Crippen molar-refractivity contribution < 1.29 is 13.2 Å². The highest BCUT2D eigenvalue weighted by molar-refractivity contribution is 7.89. The van der Waals surface area contributed by atoms with E-state index in [-0.39, 0.29) is 10.8 Å². The van der Waals surface area contributed by atoms with Gasteiger partial charge >= 0.3 is 0 Å². The Hall–Kier alpha value is -0.960. The number of nitrogens with zero attached hydrogens (tertiary/aromatic N) is 2. The number of thiophene rings is 1. The van der Waals surface area contributed by atoms with E-state index in [1.165, 1.54) is 31.5 Å². The van der Waals surface area contributed by atoms with Crippen molar-refractivity contribution in [1.29, 1.82) is 0 Å². The van der Waals surface area contributed by atoms with Gasteiger partial charge in [0.25, 0.3) is 5.91 Å². The molecule has 8 heteroatoms. The van der Waals surface area contributed by atoms with Crippen LogP contribution in [0, 0.1) is 5.92 Å². The molecule has 2 rings (SSSR count). The van der Waals surface area contributed by atoms with E-state index in [1.807, 2.05) is 0 Å². The Labute approximate surface area is 129 Å². The highest BCUT2D eigenvalue weighted by atomic mass is 32.2. The molecule has 1 aliphatic rings. The van der Waals surface area contributed by atoms with Crippen molar-refractivity contribution in [2.75, 3.05) is 33.7 Å². The number of sulfonamides is 1. The first kappa shape index (κ1) is 16.4. The maximum Gasteiger partial charge on any atom is 0.265 e. The minimum atomic E-state index is -3.59. The van der Waals surface area contributed by atoms with Crippen LogP contribution in [0.15, 0.2) is 16.3 Å². The lowest BCUT2D eigenvalue weighted by Gasteiger charge is -2.31. The van der Waals surface area contributed by atoms with E-state index in [1.54, 1.807) is 10.3 Å². The molecule has 1 aromatic heterocycles. The van der Waals surface area contributed by atoms with E-state index < -0.39 is 10.0 Å². The molecule has 0 aromatic carbocycles. The number of likely N-dealkylation sites (tertiary alicyclic amines) is 1. The summed E-state index contributed by atoms with van der Waals surface area (Å²) < 4.78 is 25.6. The Bertz CT molecular complexity index is 602. The maximum atomic E-state index is 12.6. The molecule has 2 N–H and O–H groups in total. The second-order valence-corrected chi connectivity index (χ2v) is 8.41. The first-order valence-corrected chi connectivity index (χ1v) is 9.19. The van der Waals surface area contributed by atoms with Gasteiger partial charge in [-0.15, -0.1) is 11.3 Å². The van der Waals surface area contributed by atoms with Gasteiger partial charge in [-0.05, 0) is 36.8 Å². The van der Waals surface area contributed by atoms with Gasteiger partial charge in [-0.1, -0.05) is 0 Å². The van der Waals surface area contributed by atoms with Crippen LogP contribution in [0.4, 0.5) is 0 Å². The van der Waals surface area contributed by atoms with E-state index in [0.717, 1.165) is 17.1 Å². The molecular weight excluding hydrogens is 310 g/mol. The zero-order valence-electron chi connectivity index (χ0n) is 12.3. The molecule has 1 fully saturated rings. The number of carbonyl (C=O) groups is 1. The van der Waals surface area contributed by atoms with Gasteiger partial charge in [0.05, 0.1) is 0 Å². The summed E-state index contributed by atoms with van der Waals surface area (Å²) in [6, 6.07) is 1.50.